The fourth-order valence-electron chi connectivity index (χ4n) is 3.92. The highest BCUT2D eigenvalue weighted by atomic mass is 35.5. The van der Waals surface area contributed by atoms with Gasteiger partial charge in [0.1, 0.15) is 18.0 Å². The Bertz CT molecular complexity index is 1350. The number of hydrogen-bond donors (Lipinski definition) is 3. The number of nitrogens with two attached hydrogens (primary N) is 2. The number of nitrogens with zero attached hydrogens (tertiary/aromatic N) is 4. The lowest BCUT2D eigenvalue weighted by Gasteiger charge is -2.28. The van der Waals surface area contributed by atoms with E-state index in [1.165, 1.54) is 23.5 Å². The maximum Gasteiger partial charge on any atom is 0.414 e. The predicted octanol–water partition coefficient (Wildman–Crippen LogP) is 4.11. The molecule has 1 amide bonds. The van der Waals surface area contributed by atoms with Gasteiger partial charge in [0.05, 0.1) is 28.9 Å². The minimum atomic E-state index is -0.987. The van der Waals surface area contributed by atoms with E-state index in [0.29, 0.717) is 46.8 Å². The topological polar surface area (TPSA) is 153 Å². The van der Waals surface area contributed by atoms with Crippen molar-refractivity contribution in [2.45, 2.75) is 12.6 Å². The van der Waals surface area contributed by atoms with Crippen LogP contribution in [-0.2, 0) is 4.74 Å². The molecule has 11 nitrogen and oxygen atoms in total. The Morgan fingerprint density at radius 1 is 1.23 bits per heavy atom. The van der Waals surface area contributed by atoms with Crippen LogP contribution in [0.2, 0.25) is 10.0 Å². The van der Waals surface area contributed by atoms with Gasteiger partial charge < -0.3 is 24.8 Å². The molecule has 0 fully saturated rings. The smallest absolute Gasteiger partial charge is 0.414 e. The molecule has 0 unspecified atom stereocenters. The minimum Gasteiger partial charge on any atom is -0.474 e. The van der Waals surface area contributed by atoms with E-state index >= 15 is 0 Å². The van der Waals surface area contributed by atoms with Crippen LogP contribution in [0.25, 0.3) is 0 Å². The number of rotatable bonds is 9. The Labute approximate surface area is 236 Å². The first-order chi connectivity index (χ1) is 18.7. The number of nitrogens with one attached hydrogen (secondary N) is 1. The summed E-state index contributed by atoms with van der Waals surface area (Å²) in [6, 6.07) is 6.48. The number of aromatic nitrogens is 2. The van der Waals surface area contributed by atoms with Crippen molar-refractivity contribution in [3.8, 4) is 11.6 Å². The fraction of sp³-hybridized carbons (Fsp3) is 0.308. The van der Waals surface area contributed by atoms with Gasteiger partial charge in [0, 0.05) is 47.5 Å². The second-order valence-electron chi connectivity index (χ2n) is 9.00. The molecule has 5 N–H and O–H groups in total. The zero-order chi connectivity index (χ0) is 28.1. The highest BCUT2D eigenvalue weighted by molar-refractivity contribution is 6.35. The maximum atomic E-state index is 12.8. The average Bonchev–Trinajstić information content (AvgIpc) is 2.90. The van der Waals surface area contributed by atoms with E-state index < -0.39 is 12.3 Å². The molecule has 13 heteroatoms. The van der Waals surface area contributed by atoms with Gasteiger partial charge in [-0.25, -0.2) is 9.78 Å². The molecule has 0 saturated heterocycles. The molecule has 0 aliphatic carbocycles. The highest BCUT2D eigenvalue weighted by Gasteiger charge is 2.27. The van der Waals surface area contributed by atoms with Crippen molar-refractivity contribution in [3.05, 3.63) is 69.6 Å². The van der Waals surface area contributed by atoms with Crippen LogP contribution in [0.15, 0.2) is 42.9 Å². The van der Waals surface area contributed by atoms with Gasteiger partial charge in [-0.3, -0.25) is 21.0 Å². The van der Waals surface area contributed by atoms with E-state index in [2.05, 4.69) is 9.97 Å². The summed E-state index contributed by atoms with van der Waals surface area (Å²) >= 11 is 12.4. The Morgan fingerprint density at radius 3 is 2.69 bits per heavy atom. The van der Waals surface area contributed by atoms with Crippen LogP contribution in [0.1, 0.15) is 29.3 Å². The summed E-state index contributed by atoms with van der Waals surface area (Å²) in [6.07, 6.45) is 3.55. The largest absolute Gasteiger partial charge is 0.474 e. The number of benzene rings is 1. The van der Waals surface area contributed by atoms with Gasteiger partial charge >= 0.3 is 6.09 Å². The standard InChI is InChI=1S/C26H29Cl2N7O4/c1-34(2)6-3-8-38-26(36)35-7-9-37-25-21(35)10-15(12-33-25)23(30)17-11-16(4-5-20(17)29)39-24(31)22-18(27)13-32-14-19(22)28/h4-5,10-14,24,30H,3,6-9,29,31H2,1-2H3/t24-/m0/s1. The molecular formula is C26H29Cl2N7O4. The number of amides is 1. The Hall–Kier alpha value is -3.64. The summed E-state index contributed by atoms with van der Waals surface area (Å²) in [5.74, 6) is 0.628. The van der Waals surface area contributed by atoms with Gasteiger partial charge in [-0.1, -0.05) is 23.2 Å². The third-order valence-corrected chi connectivity index (χ3v) is 6.50. The molecule has 2 aromatic heterocycles. The molecule has 206 valence electrons. The quantitative estimate of drug-likeness (QED) is 0.148. The Balaban J connectivity index is 1.54. The van der Waals surface area contributed by atoms with Gasteiger partial charge in [-0.15, -0.1) is 0 Å². The summed E-state index contributed by atoms with van der Waals surface area (Å²) in [7, 11) is 3.91. The molecule has 3 heterocycles. The van der Waals surface area contributed by atoms with Crippen LogP contribution in [0.3, 0.4) is 0 Å². The molecule has 39 heavy (non-hydrogen) atoms. The minimum absolute atomic E-state index is 0.0617. The van der Waals surface area contributed by atoms with Crippen LogP contribution in [0, 0.1) is 5.41 Å². The number of carbonyl (C=O) groups is 1. The first-order valence-corrected chi connectivity index (χ1v) is 12.8. The van der Waals surface area contributed by atoms with Gasteiger partial charge in [0.15, 0.2) is 6.23 Å². The first-order valence-electron chi connectivity index (χ1n) is 12.1. The van der Waals surface area contributed by atoms with Crippen LogP contribution in [0.4, 0.5) is 16.2 Å². The molecule has 1 aliphatic rings. The SMILES string of the molecule is CN(C)CCCOC(=O)N1CCOc2ncc(C(=N)c3cc(O[C@H](N)c4c(Cl)cncc4Cl)ccc3N)cc21. The average molecular weight is 574 g/mol. The monoisotopic (exact) mass is 573 g/mol. The highest BCUT2D eigenvalue weighted by Crippen LogP contribution is 2.34. The number of nitrogen functional groups attached to an aromatic ring is 1. The van der Waals surface area contributed by atoms with Crippen molar-refractivity contribution in [2.75, 3.05) is 51.0 Å². The van der Waals surface area contributed by atoms with E-state index in [1.54, 1.807) is 24.3 Å². The number of anilines is 2. The second kappa shape index (κ2) is 12.5. The molecule has 0 radical (unpaired) electrons. The third-order valence-electron chi connectivity index (χ3n) is 5.89. The number of halogens is 2. The zero-order valence-electron chi connectivity index (χ0n) is 21.5. The predicted molar refractivity (Wildman–Crippen MR) is 150 cm³/mol. The van der Waals surface area contributed by atoms with Crippen molar-refractivity contribution >= 4 is 46.4 Å². The van der Waals surface area contributed by atoms with E-state index in [-0.39, 0.29) is 34.9 Å². The molecule has 0 bridgehead atoms. The van der Waals surface area contributed by atoms with Crippen LogP contribution in [-0.4, -0.2) is 67.1 Å². The number of fused-ring (bicyclic) bond motifs is 1. The lowest BCUT2D eigenvalue weighted by atomic mass is 10.0. The normalized spacial score (nSPS) is 13.4. The van der Waals surface area contributed by atoms with Gasteiger partial charge in [-0.2, -0.15) is 0 Å². The van der Waals surface area contributed by atoms with Crippen LogP contribution < -0.4 is 25.8 Å². The molecule has 0 saturated carbocycles. The maximum absolute atomic E-state index is 12.8. The summed E-state index contributed by atoms with van der Waals surface area (Å²) < 4.78 is 16.9. The number of carbonyl (C=O) groups excluding carboxylic acids is 1. The van der Waals surface area contributed by atoms with E-state index in [9.17, 15) is 4.79 Å². The van der Waals surface area contributed by atoms with Crippen molar-refractivity contribution in [3.63, 3.8) is 0 Å². The zero-order valence-corrected chi connectivity index (χ0v) is 23.0. The first kappa shape index (κ1) is 28.4. The molecule has 1 atom stereocenters. The Kier molecular flexibility index (Phi) is 9.08. The fourth-order valence-corrected chi connectivity index (χ4v) is 4.50. The number of pyridine rings is 2. The Morgan fingerprint density at radius 2 is 1.97 bits per heavy atom. The van der Waals surface area contributed by atoms with Crippen molar-refractivity contribution in [2.24, 2.45) is 5.73 Å². The summed E-state index contributed by atoms with van der Waals surface area (Å²) in [5, 5.41) is 9.38. The van der Waals surface area contributed by atoms with Gasteiger partial charge in [0.2, 0.25) is 5.88 Å². The lowest BCUT2D eigenvalue weighted by Crippen LogP contribution is -2.39. The van der Waals surface area contributed by atoms with Gasteiger partial charge in [-0.05, 0) is 44.8 Å². The van der Waals surface area contributed by atoms with E-state index in [4.69, 9.17) is 54.3 Å². The van der Waals surface area contributed by atoms with Crippen molar-refractivity contribution < 1.29 is 19.0 Å². The second-order valence-corrected chi connectivity index (χ2v) is 9.81. The lowest BCUT2D eigenvalue weighted by molar-refractivity contribution is 0.145. The van der Waals surface area contributed by atoms with Gasteiger partial charge in [0.25, 0.3) is 0 Å². The molecule has 0 spiro atoms. The summed E-state index contributed by atoms with van der Waals surface area (Å²) in [6.45, 7) is 1.66. The molecule has 3 aromatic rings. The van der Waals surface area contributed by atoms with Crippen LogP contribution >= 0.6 is 23.2 Å². The number of hydrogen-bond acceptors (Lipinski definition) is 10. The van der Waals surface area contributed by atoms with Crippen molar-refractivity contribution in [1.29, 1.82) is 5.41 Å². The molecular weight excluding hydrogens is 545 g/mol. The summed E-state index contributed by atoms with van der Waals surface area (Å²) in [5.41, 5.74) is 14.4. The molecule has 4 rings (SSSR count). The number of ether oxygens (including phenoxy) is 3. The summed E-state index contributed by atoms with van der Waals surface area (Å²) in [4.78, 5) is 24.5. The molecule has 1 aliphatic heterocycles. The van der Waals surface area contributed by atoms with E-state index in [0.717, 1.165) is 6.54 Å². The molecule has 1 aromatic carbocycles. The van der Waals surface area contributed by atoms with E-state index in [1.807, 2.05) is 19.0 Å². The van der Waals surface area contributed by atoms with Crippen LogP contribution in [0.5, 0.6) is 11.6 Å². The van der Waals surface area contributed by atoms with Crippen molar-refractivity contribution in [1.82, 2.24) is 14.9 Å². The third kappa shape index (κ3) is 6.69.